The summed E-state index contributed by atoms with van der Waals surface area (Å²) in [6.07, 6.45) is 8.57. The van der Waals surface area contributed by atoms with Gasteiger partial charge in [0.1, 0.15) is 5.75 Å². The summed E-state index contributed by atoms with van der Waals surface area (Å²) in [5.74, 6) is 1.27. The third-order valence-electron chi connectivity index (χ3n) is 4.49. The molecule has 0 bridgehead atoms. The Balaban J connectivity index is 1.36. The molecule has 136 valence electrons. The van der Waals surface area contributed by atoms with Crippen LogP contribution in [0.1, 0.15) is 31.2 Å². The molecule has 1 N–H and O–H groups in total. The molecule has 1 saturated carbocycles. The molecule has 4 rings (SSSR count). The molecule has 0 spiro atoms. The van der Waals surface area contributed by atoms with E-state index in [1.165, 1.54) is 12.8 Å². The third kappa shape index (κ3) is 4.67. The Morgan fingerprint density at radius 3 is 2.56 bits per heavy atom. The van der Waals surface area contributed by atoms with Crippen molar-refractivity contribution in [3.05, 3.63) is 66.4 Å². The van der Waals surface area contributed by atoms with E-state index < -0.39 is 0 Å². The number of rotatable bonds is 6. The van der Waals surface area contributed by atoms with Gasteiger partial charge in [-0.25, -0.2) is 10.4 Å². The Morgan fingerprint density at radius 1 is 1.00 bits per heavy atom. The predicted octanol–water partition coefficient (Wildman–Crippen LogP) is 4.31. The van der Waals surface area contributed by atoms with Crippen molar-refractivity contribution >= 4 is 12.2 Å². The number of ether oxygens (including phenoxy) is 1. The molecule has 3 aromatic rings. The van der Waals surface area contributed by atoms with Crippen LogP contribution in [0.25, 0.3) is 11.3 Å². The second-order valence-electron chi connectivity index (χ2n) is 6.49. The first-order valence-corrected chi connectivity index (χ1v) is 9.18. The van der Waals surface area contributed by atoms with Crippen LogP contribution in [0.2, 0.25) is 0 Å². The van der Waals surface area contributed by atoms with Crippen LogP contribution in [-0.2, 0) is 0 Å². The Hall–Kier alpha value is -3.28. The normalized spacial score (nSPS) is 14.5. The lowest BCUT2D eigenvalue weighted by atomic mass is 10.2. The highest BCUT2D eigenvalue weighted by molar-refractivity contribution is 5.80. The van der Waals surface area contributed by atoms with Crippen LogP contribution in [0.15, 0.2) is 65.9 Å². The molecule has 0 saturated heterocycles. The van der Waals surface area contributed by atoms with Gasteiger partial charge < -0.3 is 4.74 Å². The zero-order valence-corrected chi connectivity index (χ0v) is 15.0. The monoisotopic (exact) mass is 359 g/mol. The predicted molar refractivity (Wildman–Crippen MR) is 106 cm³/mol. The van der Waals surface area contributed by atoms with Gasteiger partial charge in [0.25, 0.3) is 5.95 Å². The average Bonchev–Trinajstić information content (AvgIpc) is 3.23. The average molecular weight is 359 g/mol. The van der Waals surface area contributed by atoms with Gasteiger partial charge in [-0.2, -0.15) is 10.2 Å². The van der Waals surface area contributed by atoms with E-state index in [0.717, 1.165) is 35.4 Å². The maximum Gasteiger partial charge on any atom is 0.263 e. The number of nitrogens with one attached hydrogen (secondary N) is 1. The summed E-state index contributed by atoms with van der Waals surface area (Å²) in [7, 11) is 0. The summed E-state index contributed by atoms with van der Waals surface area (Å²) in [6, 6.07) is 17.8. The largest absolute Gasteiger partial charge is 0.490 e. The van der Waals surface area contributed by atoms with Gasteiger partial charge in [-0.1, -0.05) is 30.3 Å². The van der Waals surface area contributed by atoms with Crippen molar-refractivity contribution in [2.45, 2.75) is 31.8 Å². The van der Waals surface area contributed by atoms with Gasteiger partial charge in [0.05, 0.1) is 24.2 Å². The van der Waals surface area contributed by atoms with E-state index in [2.05, 4.69) is 25.7 Å². The van der Waals surface area contributed by atoms with Gasteiger partial charge in [0, 0.05) is 5.56 Å². The lowest BCUT2D eigenvalue weighted by molar-refractivity contribution is 0.210. The Morgan fingerprint density at radius 2 is 1.78 bits per heavy atom. The van der Waals surface area contributed by atoms with Crippen molar-refractivity contribution in [3.8, 4) is 17.0 Å². The number of benzene rings is 2. The van der Waals surface area contributed by atoms with E-state index in [4.69, 9.17) is 4.74 Å². The molecule has 0 atom stereocenters. The number of anilines is 1. The lowest BCUT2D eigenvalue weighted by Crippen LogP contribution is -2.10. The van der Waals surface area contributed by atoms with Crippen molar-refractivity contribution in [1.82, 2.24) is 15.2 Å². The summed E-state index contributed by atoms with van der Waals surface area (Å²) in [5, 5.41) is 12.1. The molecular formula is C21H21N5O. The van der Waals surface area contributed by atoms with E-state index in [0.29, 0.717) is 12.1 Å². The minimum absolute atomic E-state index is 0.355. The van der Waals surface area contributed by atoms with Gasteiger partial charge in [-0.05, 0) is 55.5 Å². The highest BCUT2D eigenvalue weighted by Gasteiger charge is 2.16. The first kappa shape index (κ1) is 17.1. The first-order valence-electron chi connectivity index (χ1n) is 9.18. The van der Waals surface area contributed by atoms with Crippen LogP contribution in [0.4, 0.5) is 5.95 Å². The minimum Gasteiger partial charge on any atom is -0.490 e. The molecule has 27 heavy (non-hydrogen) atoms. The molecule has 1 aliphatic carbocycles. The summed E-state index contributed by atoms with van der Waals surface area (Å²) < 4.78 is 5.97. The van der Waals surface area contributed by atoms with Crippen molar-refractivity contribution < 1.29 is 4.74 Å². The quantitative estimate of drug-likeness (QED) is 0.524. The van der Waals surface area contributed by atoms with E-state index >= 15 is 0 Å². The topological polar surface area (TPSA) is 72.3 Å². The summed E-state index contributed by atoms with van der Waals surface area (Å²) in [6.45, 7) is 0. The van der Waals surface area contributed by atoms with Crippen LogP contribution in [-0.4, -0.2) is 27.5 Å². The highest BCUT2D eigenvalue weighted by Crippen LogP contribution is 2.24. The van der Waals surface area contributed by atoms with Gasteiger partial charge in [-0.15, -0.1) is 5.10 Å². The smallest absolute Gasteiger partial charge is 0.263 e. The fraction of sp³-hybridized carbons (Fsp3) is 0.238. The van der Waals surface area contributed by atoms with Gasteiger partial charge in [-0.3, -0.25) is 0 Å². The highest BCUT2D eigenvalue weighted by atomic mass is 16.5. The van der Waals surface area contributed by atoms with Gasteiger partial charge >= 0.3 is 0 Å². The molecular weight excluding hydrogens is 338 g/mol. The molecule has 1 heterocycles. The minimum atomic E-state index is 0.355. The summed E-state index contributed by atoms with van der Waals surface area (Å²) in [4.78, 5) is 4.43. The maximum absolute atomic E-state index is 5.97. The fourth-order valence-electron chi connectivity index (χ4n) is 3.09. The third-order valence-corrected chi connectivity index (χ3v) is 4.49. The van der Waals surface area contributed by atoms with E-state index in [1.54, 1.807) is 12.4 Å². The van der Waals surface area contributed by atoms with Crippen LogP contribution in [0.5, 0.6) is 5.75 Å². The van der Waals surface area contributed by atoms with E-state index in [1.807, 2.05) is 54.6 Å². The molecule has 0 radical (unpaired) electrons. The number of hydrazone groups is 1. The molecule has 1 fully saturated rings. The second kappa shape index (κ2) is 8.40. The van der Waals surface area contributed by atoms with Gasteiger partial charge in [0.15, 0.2) is 0 Å². The Kier molecular flexibility index (Phi) is 5.34. The zero-order chi connectivity index (χ0) is 18.3. The maximum atomic E-state index is 5.97. The number of nitrogens with zero attached hydrogens (tertiary/aromatic N) is 4. The lowest BCUT2D eigenvalue weighted by Gasteiger charge is -2.12. The molecule has 6 heteroatoms. The van der Waals surface area contributed by atoms with Crippen molar-refractivity contribution in [2.75, 3.05) is 5.43 Å². The molecule has 6 nitrogen and oxygen atoms in total. The van der Waals surface area contributed by atoms with Crippen LogP contribution < -0.4 is 10.2 Å². The van der Waals surface area contributed by atoms with Crippen LogP contribution in [0.3, 0.4) is 0 Å². The Labute approximate surface area is 158 Å². The first-order chi connectivity index (χ1) is 13.4. The zero-order valence-electron chi connectivity index (χ0n) is 15.0. The standard InChI is InChI=1S/C21H21N5O/c1-2-6-17(7-3-1)20-15-23-26-21(24-20)25-22-14-16-10-12-19(13-11-16)27-18-8-4-5-9-18/h1-3,6-7,10-15,18H,4-5,8-9H2,(H,24,25,26)/b22-14+. The molecule has 1 aromatic heterocycles. The second-order valence-corrected chi connectivity index (χ2v) is 6.49. The van der Waals surface area contributed by atoms with Crippen LogP contribution in [0, 0.1) is 0 Å². The molecule has 0 unspecified atom stereocenters. The fourth-order valence-corrected chi connectivity index (χ4v) is 3.09. The molecule has 0 aliphatic heterocycles. The number of aromatic nitrogens is 3. The van der Waals surface area contributed by atoms with Crippen LogP contribution >= 0.6 is 0 Å². The SMILES string of the molecule is C(=N\Nc1nncc(-c2ccccc2)n1)/c1ccc(OC2CCCC2)cc1. The number of hydrogen-bond acceptors (Lipinski definition) is 6. The van der Waals surface area contributed by atoms with Crippen molar-refractivity contribution in [3.63, 3.8) is 0 Å². The molecule has 0 amide bonds. The molecule has 2 aromatic carbocycles. The van der Waals surface area contributed by atoms with Gasteiger partial charge in [0.2, 0.25) is 0 Å². The Bertz CT molecular complexity index is 890. The van der Waals surface area contributed by atoms with Crippen molar-refractivity contribution in [2.24, 2.45) is 5.10 Å². The van der Waals surface area contributed by atoms with E-state index in [9.17, 15) is 0 Å². The summed E-state index contributed by atoms with van der Waals surface area (Å²) >= 11 is 0. The van der Waals surface area contributed by atoms with E-state index in [-0.39, 0.29) is 0 Å². The number of hydrogen-bond donors (Lipinski definition) is 1. The summed E-state index contributed by atoms with van der Waals surface area (Å²) in [5.41, 5.74) is 5.53. The molecule has 1 aliphatic rings. The van der Waals surface area contributed by atoms with Crippen molar-refractivity contribution in [1.29, 1.82) is 0 Å².